The fourth-order valence-electron chi connectivity index (χ4n) is 5.93. The van der Waals surface area contributed by atoms with E-state index in [9.17, 15) is 23.1 Å². The van der Waals surface area contributed by atoms with Gasteiger partial charge in [0.05, 0.1) is 10.6 Å². The van der Waals surface area contributed by atoms with E-state index in [1.165, 1.54) is 6.07 Å². The Morgan fingerprint density at radius 2 is 1.79 bits per heavy atom. The summed E-state index contributed by atoms with van der Waals surface area (Å²) < 4.78 is 45.9. The topological polar surface area (TPSA) is 59.4 Å². The number of aryl methyl sites for hydroxylation is 1. The van der Waals surface area contributed by atoms with E-state index in [4.69, 9.17) is 16.3 Å². The molecule has 1 aromatic heterocycles. The van der Waals surface area contributed by atoms with E-state index in [0.717, 1.165) is 43.5 Å². The SMILES string of the molecule is CCc1ccc(Oc2ncc(Cl)cc2C(F)(F)F)cc1C1=C(O)C2C(C1=O)[C@H]1CC[C@@H]2CC1. The number of aliphatic hydroxyl groups is 1. The highest BCUT2D eigenvalue weighted by Crippen LogP contribution is 2.57. The van der Waals surface area contributed by atoms with Gasteiger partial charge < -0.3 is 9.84 Å². The van der Waals surface area contributed by atoms with Crippen molar-refractivity contribution in [3.8, 4) is 11.6 Å². The number of fused-ring (bicyclic) bond motifs is 2. The number of aliphatic hydroxyl groups excluding tert-OH is 1. The molecule has 8 heteroatoms. The van der Waals surface area contributed by atoms with Crippen LogP contribution in [0.25, 0.3) is 5.57 Å². The minimum Gasteiger partial charge on any atom is -0.511 e. The van der Waals surface area contributed by atoms with Gasteiger partial charge in [0.25, 0.3) is 0 Å². The Balaban J connectivity index is 1.55. The quantitative estimate of drug-likeness (QED) is 0.514. The van der Waals surface area contributed by atoms with Crippen LogP contribution in [0.15, 0.2) is 36.2 Å². The number of nitrogens with zero attached hydrogens (tertiary/aromatic N) is 1. The molecule has 4 aliphatic rings. The lowest BCUT2D eigenvalue weighted by molar-refractivity contribution is -0.138. The molecule has 0 aliphatic heterocycles. The molecule has 2 unspecified atom stereocenters. The third kappa shape index (κ3) is 3.70. The number of pyridine rings is 1. The minimum atomic E-state index is -4.70. The van der Waals surface area contributed by atoms with Crippen LogP contribution < -0.4 is 4.74 Å². The Hall–Kier alpha value is -2.54. The monoisotopic (exact) mass is 477 g/mol. The van der Waals surface area contributed by atoms with Gasteiger partial charge in [-0.05, 0) is 73.3 Å². The second kappa shape index (κ2) is 8.05. The number of Topliss-reactive ketones (excluding diaryl/α,β-unsaturated/α-hetero) is 1. The average Bonchev–Trinajstić information content (AvgIpc) is 3.07. The predicted octanol–water partition coefficient (Wildman–Crippen LogP) is 7.01. The van der Waals surface area contributed by atoms with Crippen molar-refractivity contribution in [1.29, 1.82) is 0 Å². The summed E-state index contributed by atoms with van der Waals surface area (Å²) in [7, 11) is 0. The van der Waals surface area contributed by atoms with Crippen molar-refractivity contribution in [3.05, 3.63) is 57.9 Å². The van der Waals surface area contributed by atoms with Gasteiger partial charge in [0.2, 0.25) is 5.88 Å². The number of carbonyl (C=O) groups excluding carboxylic acids is 1. The Morgan fingerprint density at radius 3 is 2.39 bits per heavy atom. The van der Waals surface area contributed by atoms with Gasteiger partial charge in [0.15, 0.2) is 5.78 Å². The molecule has 0 amide bonds. The van der Waals surface area contributed by atoms with Crippen LogP contribution in [0.4, 0.5) is 13.2 Å². The zero-order valence-corrected chi connectivity index (χ0v) is 18.7. The number of aromatic nitrogens is 1. The lowest BCUT2D eigenvalue weighted by atomic mass is 9.59. The number of benzene rings is 1. The second-order valence-corrected chi connectivity index (χ2v) is 9.57. The molecule has 0 spiro atoms. The molecule has 2 bridgehead atoms. The van der Waals surface area contributed by atoms with Gasteiger partial charge in [0.1, 0.15) is 17.1 Å². The van der Waals surface area contributed by atoms with Crippen molar-refractivity contribution < 1.29 is 27.8 Å². The van der Waals surface area contributed by atoms with Crippen LogP contribution in [-0.4, -0.2) is 15.9 Å². The number of rotatable bonds is 4. The zero-order valence-electron chi connectivity index (χ0n) is 18.0. The van der Waals surface area contributed by atoms with Crippen molar-refractivity contribution in [1.82, 2.24) is 4.98 Å². The molecule has 1 aromatic carbocycles. The molecule has 1 heterocycles. The number of hydrogen-bond acceptors (Lipinski definition) is 4. The standard InChI is InChI=1S/C25H23ClF3NO3/c1-2-12-7-8-16(33-24-18(25(27,28)29)9-15(26)11-30-24)10-17(12)21-22(31)19-13-3-4-14(6-5-13)20(19)23(21)32/h7-11,13-14,19-20,31H,2-6H2,1H3/t13-,14+,19?,20?. The third-order valence-corrected chi connectivity index (χ3v) is 7.62. The van der Waals surface area contributed by atoms with E-state index in [0.29, 0.717) is 23.5 Å². The summed E-state index contributed by atoms with van der Waals surface area (Å²) in [4.78, 5) is 17.2. The lowest BCUT2D eigenvalue weighted by Crippen LogP contribution is -2.41. The van der Waals surface area contributed by atoms with Gasteiger partial charge in [-0.1, -0.05) is 24.6 Å². The highest BCUT2D eigenvalue weighted by Gasteiger charge is 2.54. The number of halogens is 4. The molecule has 0 radical (unpaired) electrons. The first kappa shape index (κ1) is 22.3. The molecular formula is C25H23ClF3NO3. The summed E-state index contributed by atoms with van der Waals surface area (Å²) in [6, 6.07) is 5.57. The molecule has 33 heavy (non-hydrogen) atoms. The van der Waals surface area contributed by atoms with Crippen LogP contribution in [0.2, 0.25) is 5.02 Å². The van der Waals surface area contributed by atoms with E-state index in [-0.39, 0.29) is 40.1 Å². The van der Waals surface area contributed by atoms with Crippen LogP contribution in [0.5, 0.6) is 11.6 Å². The van der Waals surface area contributed by atoms with Gasteiger partial charge in [-0.25, -0.2) is 4.98 Å². The van der Waals surface area contributed by atoms with E-state index in [2.05, 4.69) is 4.98 Å². The fraction of sp³-hybridized carbons (Fsp3) is 0.440. The predicted molar refractivity (Wildman–Crippen MR) is 117 cm³/mol. The molecule has 1 N–H and O–H groups in total. The van der Waals surface area contributed by atoms with Crippen LogP contribution in [-0.2, 0) is 17.4 Å². The molecule has 4 aliphatic carbocycles. The number of ether oxygens (including phenoxy) is 1. The Kier molecular flexibility index (Phi) is 5.43. The van der Waals surface area contributed by atoms with E-state index in [1.807, 2.05) is 6.92 Å². The maximum Gasteiger partial charge on any atom is 0.421 e. The van der Waals surface area contributed by atoms with Crippen molar-refractivity contribution in [2.24, 2.45) is 23.7 Å². The molecule has 0 saturated heterocycles. The summed E-state index contributed by atoms with van der Waals surface area (Å²) in [6.07, 6.45) is 1.02. The van der Waals surface area contributed by atoms with Gasteiger partial charge >= 0.3 is 6.18 Å². The smallest absolute Gasteiger partial charge is 0.421 e. The van der Waals surface area contributed by atoms with Gasteiger partial charge in [-0.2, -0.15) is 13.2 Å². The number of hydrogen-bond donors (Lipinski definition) is 1. The Bertz CT molecular complexity index is 1150. The van der Waals surface area contributed by atoms with Gasteiger partial charge in [-0.3, -0.25) is 4.79 Å². The van der Waals surface area contributed by atoms with Crippen molar-refractivity contribution >= 4 is 23.0 Å². The van der Waals surface area contributed by atoms with Crippen LogP contribution in [0, 0.1) is 23.7 Å². The molecule has 3 saturated carbocycles. The minimum absolute atomic E-state index is 0.0562. The highest BCUT2D eigenvalue weighted by molar-refractivity contribution is 6.30. The van der Waals surface area contributed by atoms with E-state index >= 15 is 0 Å². The first-order valence-corrected chi connectivity index (χ1v) is 11.6. The summed E-state index contributed by atoms with van der Waals surface area (Å²) in [5.41, 5.74) is 0.557. The van der Waals surface area contributed by atoms with Crippen molar-refractivity contribution in [3.63, 3.8) is 0 Å². The van der Waals surface area contributed by atoms with Gasteiger partial charge in [-0.15, -0.1) is 0 Å². The zero-order chi connectivity index (χ0) is 23.5. The van der Waals surface area contributed by atoms with Gasteiger partial charge in [0, 0.05) is 18.0 Å². The maximum atomic E-state index is 13.5. The number of allylic oxidation sites excluding steroid dienone is 2. The molecule has 174 valence electrons. The first-order valence-electron chi connectivity index (χ1n) is 11.2. The van der Waals surface area contributed by atoms with Crippen LogP contribution in [0.3, 0.4) is 0 Å². The molecular weight excluding hydrogens is 455 g/mol. The summed E-state index contributed by atoms with van der Waals surface area (Å²) >= 11 is 5.71. The van der Waals surface area contributed by atoms with Crippen LogP contribution >= 0.6 is 11.6 Å². The molecule has 6 rings (SSSR count). The lowest BCUT2D eigenvalue weighted by Gasteiger charge is -2.44. The summed E-state index contributed by atoms with van der Waals surface area (Å²) in [5.74, 6) is -0.201. The maximum absolute atomic E-state index is 13.5. The highest BCUT2D eigenvalue weighted by atomic mass is 35.5. The number of ketones is 1. The number of carbonyl (C=O) groups is 1. The molecule has 2 atom stereocenters. The first-order chi connectivity index (χ1) is 15.7. The third-order valence-electron chi connectivity index (χ3n) is 7.41. The fourth-order valence-corrected chi connectivity index (χ4v) is 6.09. The van der Waals surface area contributed by atoms with E-state index in [1.54, 1.807) is 12.1 Å². The molecule has 2 aromatic rings. The normalized spacial score (nSPS) is 26.6. The molecule has 4 nitrogen and oxygen atoms in total. The van der Waals surface area contributed by atoms with Crippen LogP contribution in [0.1, 0.15) is 49.3 Å². The van der Waals surface area contributed by atoms with Crippen molar-refractivity contribution in [2.75, 3.05) is 0 Å². The Morgan fingerprint density at radius 1 is 1.12 bits per heavy atom. The largest absolute Gasteiger partial charge is 0.511 e. The second-order valence-electron chi connectivity index (χ2n) is 9.13. The Labute approximate surface area is 194 Å². The summed E-state index contributed by atoms with van der Waals surface area (Å²) in [6.45, 7) is 1.93. The van der Waals surface area contributed by atoms with Crippen molar-refractivity contribution in [2.45, 2.75) is 45.2 Å². The summed E-state index contributed by atoms with van der Waals surface area (Å²) in [5, 5.41) is 11.0. The van der Waals surface area contributed by atoms with E-state index < -0.39 is 17.6 Å². The number of alkyl halides is 3. The molecule has 3 fully saturated rings. The average molecular weight is 478 g/mol.